The summed E-state index contributed by atoms with van der Waals surface area (Å²) < 4.78 is 13.8. The van der Waals surface area contributed by atoms with Crippen molar-refractivity contribution in [2.75, 3.05) is 0 Å². The minimum atomic E-state index is -3.06. The molecular formula is C20H21O2P. The molecule has 0 fully saturated rings. The minimum Gasteiger partial charge on any atom is -0.373 e. The van der Waals surface area contributed by atoms with Crippen molar-refractivity contribution < 1.29 is 9.67 Å². The van der Waals surface area contributed by atoms with Crippen LogP contribution in [0.25, 0.3) is 0 Å². The Morgan fingerprint density at radius 2 is 1.48 bits per heavy atom. The Morgan fingerprint density at radius 3 is 2.09 bits per heavy atom. The Morgan fingerprint density at radius 1 is 0.913 bits per heavy atom. The average molecular weight is 324 g/mol. The van der Waals surface area contributed by atoms with Crippen LogP contribution in [0.15, 0.2) is 83.7 Å². The van der Waals surface area contributed by atoms with E-state index in [1.54, 1.807) is 11.9 Å². The van der Waals surface area contributed by atoms with E-state index < -0.39 is 12.5 Å². The highest BCUT2D eigenvalue weighted by Gasteiger charge is 2.47. The molecule has 3 heteroatoms. The zero-order valence-corrected chi connectivity index (χ0v) is 14.3. The molecule has 1 aliphatic rings. The number of aliphatic hydroxyl groups is 1. The van der Waals surface area contributed by atoms with Crippen LogP contribution in [-0.2, 0) is 16.1 Å². The van der Waals surface area contributed by atoms with Crippen LogP contribution in [-0.4, -0.2) is 5.11 Å². The summed E-state index contributed by atoms with van der Waals surface area (Å²) in [6.07, 6.45) is 2.11. The van der Waals surface area contributed by atoms with Gasteiger partial charge in [0.15, 0.2) is 12.5 Å². The van der Waals surface area contributed by atoms with Gasteiger partial charge in [0.2, 0.25) is 0 Å². The monoisotopic (exact) mass is 324 g/mol. The third-order valence-electron chi connectivity index (χ3n) is 4.48. The molecule has 2 aromatic rings. The van der Waals surface area contributed by atoms with Crippen LogP contribution in [0, 0.1) is 0 Å². The van der Waals surface area contributed by atoms with Gasteiger partial charge in [0, 0.05) is 6.16 Å². The second-order valence-electron chi connectivity index (χ2n) is 6.17. The van der Waals surface area contributed by atoms with Crippen molar-refractivity contribution in [1.29, 1.82) is 0 Å². The number of benzene rings is 2. The molecule has 2 unspecified atom stereocenters. The van der Waals surface area contributed by atoms with Gasteiger partial charge in [-0.25, -0.2) is 0 Å². The summed E-state index contributed by atoms with van der Waals surface area (Å²) >= 11 is 0. The predicted octanol–water partition coefficient (Wildman–Crippen LogP) is 5.26. The van der Waals surface area contributed by atoms with E-state index in [1.807, 2.05) is 74.5 Å². The van der Waals surface area contributed by atoms with Crippen molar-refractivity contribution >= 4 is 7.14 Å². The number of rotatable bonds is 3. The minimum absolute atomic E-state index is 0.348. The Kier molecular flexibility index (Phi) is 4.14. The van der Waals surface area contributed by atoms with Crippen LogP contribution in [0.3, 0.4) is 0 Å². The van der Waals surface area contributed by atoms with Gasteiger partial charge >= 0.3 is 0 Å². The van der Waals surface area contributed by atoms with Gasteiger partial charge in [0.1, 0.15) is 0 Å². The molecule has 0 saturated heterocycles. The van der Waals surface area contributed by atoms with Crippen LogP contribution in [0.5, 0.6) is 0 Å². The first-order valence-corrected chi connectivity index (χ1v) is 9.71. The number of allylic oxidation sites excluding steroid dienone is 2. The summed E-state index contributed by atoms with van der Waals surface area (Å²) in [5, 5.41) is 9.98. The first-order chi connectivity index (χ1) is 10.9. The summed E-state index contributed by atoms with van der Waals surface area (Å²) in [7, 11) is -3.06. The second kappa shape index (κ2) is 5.96. The van der Waals surface area contributed by atoms with Crippen molar-refractivity contribution in [2.24, 2.45) is 0 Å². The predicted molar refractivity (Wildman–Crippen MR) is 95.6 cm³/mol. The van der Waals surface area contributed by atoms with E-state index in [2.05, 4.69) is 0 Å². The van der Waals surface area contributed by atoms with E-state index >= 15 is 0 Å². The van der Waals surface area contributed by atoms with E-state index in [4.69, 9.17) is 0 Å². The van der Waals surface area contributed by atoms with E-state index in [0.717, 1.165) is 16.7 Å². The van der Waals surface area contributed by atoms with Gasteiger partial charge in [-0.3, -0.25) is 0 Å². The molecule has 118 valence electrons. The van der Waals surface area contributed by atoms with Crippen LogP contribution in [0.4, 0.5) is 0 Å². The van der Waals surface area contributed by atoms with E-state index in [-0.39, 0.29) is 0 Å². The van der Waals surface area contributed by atoms with Crippen LogP contribution in [0.2, 0.25) is 0 Å². The lowest BCUT2D eigenvalue weighted by atomic mass is 10.0. The number of hydrogen-bond donors (Lipinski definition) is 1. The van der Waals surface area contributed by atoms with Gasteiger partial charge in [0.05, 0.1) is 0 Å². The molecule has 0 radical (unpaired) electrons. The molecule has 3 rings (SSSR count). The topological polar surface area (TPSA) is 37.3 Å². The van der Waals surface area contributed by atoms with Gasteiger partial charge in [-0.15, -0.1) is 0 Å². The largest absolute Gasteiger partial charge is 0.373 e. The molecule has 1 aliphatic heterocycles. The fourth-order valence-corrected chi connectivity index (χ4v) is 6.15. The molecule has 0 amide bonds. The molecule has 2 atom stereocenters. The van der Waals surface area contributed by atoms with Gasteiger partial charge in [-0.05, 0) is 48.0 Å². The highest BCUT2D eigenvalue weighted by molar-refractivity contribution is 7.67. The molecule has 2 nitrogen and oxygen atoms in total. The van der Waals surface area contributed by atoms with Gasteiger partial charge in [-0.2, -0.15) is 0 Å². The van der Waals surface area contributed by atoms with Gasteiger partial charge < -0.3 is 9.67 Å². The Hall–Kier alpha value is -1.89. The maximum atomic E-state index is 13.8. The summed E-state index contributed by atoms with van der Waals surface area (Å²) in [6.45, 7) is 3.90. The lowest BCUT2D eigenvalue weighted by Gasteiger charge is -2.37. The van der Waals surface area contributed by atoms with Crippen molar-refractivity contribution in [3.8, 4) is 0 Å². The zero-order valence-electron chi connectivity index (χ0n) is 13.4. The van der Waals surface area contributed by atoms with E-state index in [9.17, 15) is 9.67 Å². The van der Waals surface area contributed by atoms with E-state index in [1.165, 1.54) is 0 Å². The molecule has 0 bridgehead atoms. The second-order valence-corrected chi connectivity index (χ2v) is 9.02. The summed E-state index contributed by atoms with van der Waals surface area (Å²) in [6, 6.07) is 19.0. The van der Waals surface area contributed by atoms with Crippen molar-refractivity contribution in [3.05, 3.63) is 94.8 Å². The van der Waals surface area contributed by atoms with Crippen molar-refractivity contribution in [3.63, 3.8) is 0 Å². The maximum Gasteiger partial charge on any atom is 0.165 e. The van der Waals surface area contributed by atoms with Crippen molar-refractivity contribution in [2.45, 2.75) is 25.4 Å². The van der Waals surface area contributed by atoms with E-state index in [0.29, 0.717) is 11.7 Å². The molecule has 0 aliphatic carbocycles. The van der Waals surface area contributed by atoms with Gasteiger partial charge in [0.25, 0.3) is 0 Å². The molecule has 0 spiro atoms. The first-order valence-electron chi connectivity index (χ1n) is 7.75. The maximum absolute atomic E-state index is 13.8. The molecule has 1 heterocycles. The fourth-order valence-electron chi connectivity index (χ4n) is 3.04. The standard InChI is InChI=1S/C20H21O2P/c1-16-13-20(21,19-11-7-4-8-12-19)23(22,14-17(16)2)15-18-9-5-3-6-10-18/h3-14,21H,15H2,1-2H3. The molecule has 0 saturated carbocycles. The summed E-state index contributed by atoms with van der Waals surface area (Å²) in [5.74, 6) is 1.79. The van der Waals surface area contributed by atoms with Crippen molar-refractivity contribution in [1.82, 2.24) is 0 Å². The number of hydrogen-bond acceptors (Lipinski definition) is 2. The lowest BCUT2D eigenvalue weighted by molar-refractivity contribution is 0.173. The highest BCUT2D eigenvalue weighted by atomic mass is 31.2. The quantitative estimate of drug-likeness (QED) is 0.782. The SMILES string of the molecule is CC1=CC(O)(c2ccccc2)P(=O)(Cc2ccccc2)C=C1C. The average Bonchev–Trinajstić information content (AvgIpc) is 2.55. The smallest absolute Gasteiger partial charge is 0.165 e. The first kappa shape index (κ1) is 16.0. The summed E-state index contributed by atoms with van der Waals surface area (Å²) in [5.41, 5.74) is 3.60. The van der Waals surface area contributed by atoms with Crippen LogP contribution < -0.4 is 0 Å². The third-order valence-corrected chi connectivity index (χ3v) is 7.66. The van der Waals surface area contributed by atoms with Gasteiger partial charge in [-0.1, -0.05) is 60.7 Å². The Labute approximate surface area is 137 Å². The zero-order chi connectivity index (χ0) is 16.5. The molecule has 0 aromatic heterocycles. The molecular weight excluding hydrogens is 303 g/mol. The molecule has 2 aromatic carbocycles. The Bertz CT molecular complexity index is 806. The normalized spacial score (nSPS) is 27.3. The molecule has 1 N–H and O–H groups in total. The lowest BCUT2D eigenvalue weighted by Crippen LogP contribution is -2.26. The summed E-state index contributed by atoms with van der Waals surface area (Å²) in [4.78, 5) is 0. The fraction of sp³-hybridized carbons (Fsp3) is 0.200. The highest BCUT2D eigenvalue weighted by Crippen LogP contribution is 2.68. The Balaban J connectivity index is 2.13. The third kappa shape index (κ3) is 2.85. The van der Waals surface area contributed by atoms with Crippen LogP contribution >= 0.6 is 7.14 Å². The molecule has 23 heavy (non-hydrogen) atoms. The van der Waals surface area contributed by atoms with Crippen LogP contribution in [0.1, 0.15) is 25.0 Å².